The van der Waals surface area contributed by atoms with Crippen LogP contribution in [0.2, 0.25) is 0 Å². The van der Waals surface area contributed by atoms with Crippen molar-refractivity contribution in [3.8, 4) is 0 Å². The molecule has 0 amide bonds. The summed E-state index contributed by atoms with van der Waals surface area (Å²) in [5.41, 5.74) is 2.85. The summed E-state index contributed by atoms with van der Waals surface area (Å²) in [5.74, 6) is 0. The van der Waals surface area contributed by atoms with Crippen LogP contribution in [0, 0.1) is 0 Å². The molecule has 0 aliphatic carbocycles. The monoisotopic (exact) mass is 333 g/mol. The van der Waals surface area contributed by atoms with E-state index in [0.29, 0.717) is 6.04 Å². The zero-order valence-corrected chi connectivity index (χ0v) is 14.2. The van der Waals surface area contributed by atoms with Gasteiger partial charge in [-0.1, -0.05) is 60.7 Å². The zero-order valence-electron chi connectivity index (χ0n) is 12.6. The molecule has 0 aliphatic rings. The number of hydrogen-bond acceptors (Lipinski definition) is 0. The summed E-state index contributed by atoms with van der Waals surface area (Å²) >= 11 is 0. The molecule has 2 aromatic carbocycles. The molecule has 2 aromatic rings. The first-order valence-electron chi connectivity index (χ1n) is 6.94. The average Bonchev–Trinajstić information content (AvgIpc) is 2.39. The molecule has 0 saturated carbocycles. The van der Waals surface area contributed by atoms with Gasteiger partial charge in [0.2, 0.25) is 0 Å². The molecule has 2 rings (SSSR count). The van der Waals surface area contributed by atoms with Crippen LogP contribution in [0.4, 0.5) is 0 Å². The second kappa shape index (κ2) is 7.61. The van der Waals surface area contributed by atoms with E-state index in [1.807, 2.05) is 0 Å². The van der Waals surface area contributed by atoms with E-state index in [1.165, 1.54) is 11.1 Å². The standard InChI is InChI=1S/C18H24N.BrH/c1-19(2,3)18(14-16-10-6-4-7-11-16)15-17-12-8-5-9-13-17;/h4-13,18H,14-15H2,1-3H3;1H/q+1;/p-1. The topological polar surface area (TPSA) is 0 Å². The Morgan fingerprint density at radius 1 is 0.700 bits per heavy atom. The molecule has 108 valence electrons. The van der Waals surface area contributed by atoms with Crippen molar-refractivity contribution in [2.75, 3.05) is 21.1 Å². The Hall–Kier alpha value is -1.12. The summed E-state index contributed by atoms with van der Waals surface area (Å²) in [6, 6.07) is 22.2. The molecule has 2 heteroatoms. The van der Waals surface area contributed by atoms with Crippen molar-refractivity contribution in [2.24, 2.45) is 0 Å². The molecular formula is C18H24BrN. The fraction of sp³-hybridized carbons (Fsp3) is 0.333. The van der Waals surface area contributed by atoms with E-state index in [-0.39, 0.29) is 17.0 Å². The molecule has 0 saturated heterocycles. The molecule has 0 aliphatic heterocycles. The van der Waals surface area contributed by atoms with Crippen LogP contribution >= 0.6 is 0 Å². The maximum absolute atomic E-state index is 2.29. The summed E-state index contributed by atoms with van der Waals surface area (Å²) in [6.45, 7) is 0. The third-order valence-electron chi connectivity index (χ3n) is 3.72. The number of halogens is 1. The van der Waals surface area contributed by atoms with E-state index < -0.39 is 0 Å². The lowest BCUT2D eigenvalue weighted by Gasteiger charge is -2.34. The highest BCUT2D eigenvalue weighted by molar-refractivity contribution is 5.19. The number of hydrogen-bond donors (Lipinski definition) is 0. The van der Waals surface area contributed by atoms with Crippen LogP contribution in [0.5, 0.6) is 0 Å². The summed E-state index contributed by atoms with van der Waals surface area (Å²) in [4.78, 5) is 0. The summed E-state index contributed by atoms with van der Waals surface area (Å²) < 4.78 is 0.990. The smallest absolute Gasteiger partial charge is 0.0965 e. The molecule has 0 bridgehead atoms. The summed E-state index contributed by atoms with van der Waals surface area (Å²) in [7, 11) is 6.86. The van der Waals surface area contributed by atoms with E-state index in [1.54, 1.807) is 0 Å². The van der Waals surface area contributed by atoms with Crippen LogP contribution in [-0.4, -0.2) is 31.7 Å². The second-order valence-electron chi connectivity index (χ2n) is 6.15. The van der Waals surface area contributed by atoms with Crippen LogP contribution in [0.1, 0.15) is 11.1 Å². The minimum absolute atomic E-state index is 0. The first-order chi connectivity index (χ1) is 9.05. The number of benzene rings is 2. The van der Waals surface area contributed by atoms with E-state index in [0.717, 1.165) is 17.3 Å². The largest absolute Gasteiger partial charge is 1.00 e. The SMILES string of the molecule is C[N+](C)(C)C(Cc1ccccc1)Cc1ccccc1.[Br-]. The minimum atomic E-state index is 0. The molecular weight excluding hydrogens is 310 g/mol. The van der Waals surface area contributed by atoms with Gasteiger partial charge >= 0.3 is 0 Å². The van der Waals surface area contributed by atoms with Gasteiger partial charge in [0.15, 0.2) is 0 Å². The number of likely N-dealkylation sites (N-methyl/N-ethyl adjacent to an activating group) is 1. The molecule has 0 heterocycles. The molecule has 0 aromatic heterocycles. The highest BCUT2D eigenvalue weighted by Gasteiger charge is 2.24. The fourth-order valence-corrected chi connectivity index (χ4v) is 2.39. The maximum Gasteiger partial charge on any atom is 0.0965 e. The predicted molar refractivity (Wildman–Crippen MR) is 82.1 cm³/mol. The lowest BCUT2D eigenvalue weighted by molar-refractivity contribution is -0.895. The molecule has 20 heavy (non-hydrogen) atoms. The molecule has 0 unspecified atom stereocenters. The highest BCUT2D eigenvalue weighted by atomic mass is 79.9. The van der Waals surface area contributed by atoms with Gasteiger partial charge in [-0.25, -0.2) is 0 Å². The van der Waals surface area contributed by atoms with Gasteiger partial charge in [0, 0.05) is 12.8 Å². The van der Waals surface area contributed by atoms with Gasteiger partial charge in [-0.15, -0.1) is 0 Å². The normalized spacial score (nSPS) is 11.2. The number of quaternary nitrogens is 1. The molecule has 0 fully saturated rings. The molecule has 0 spiro atoms. The Balaban J connectivity index is 0.00000200. The van der Waals surface area contributed by atoms with Crippen molar-refractivity contribution in [2.45, 2.75) is 18.9 Å². The third kappa shape index (κ3) is 5.10. The fourth-order valence-electron chi connectivity index (χ4n) is 2.39. The van der Waals surface area contributed by atoms with E-state index >= 15 is 0 Å². The second-order valence-corrected chi connectivity index (χ2v) is 6.15. The number of rotatable bonds is 5. The zero-order chi connectivity index (χ0) is 13.7. The summed E-state index contributed by atoms with van der Waals surface area (Å²) in [6.07, 6.45) is 2.25. The average molecular weight is 334 g/mol. The van der Waals surface area contributed by atoms with Crippen molar-refractivity contribution in [1.82, 2.24) is 0 Å². The van der Waals surface area contributed by atoms with Gasteiger partial charge in [-0.05, 0) is 11.1 Å². The van der Waals surface area contributed by atoms with E-state index in [2.05, 4.69) is 81.8 Å². The molecule has 0 N–H and O–H groups in total. The lowest BCUT2D eigenvalue weighted by Crippen LogP contribution is -3.00. The predicted octanol–water partition coefficient (Wildman–Crippen LogP) is 0.551. The number of nitrogens with zero attached hydrogens (tertiary/aromatic N) is 1. The quantitative estimate of drug-likeness (QED) is 0.701. The minimum Gasteiger partial charge on any atom is -1.00 e. The van der Waals surface area contributed by atoms with Crippen LogP contribution in [0.3, 0.4) is 0 Å². The summed E-state index contributed by atoms with van der Waals surface area (Å²) in [5, 5.41) is 0. The van der Waals surface area contributed by atoms with Crippen molar-refractivity contribution in [1.29, 1.82) is 0 Å². The molecule has 0 radical (unpaired) electrons. The lowest BCUT2D eigenvalue weighted by atomic mass is 9.97. The Kier molecular flexibility index (Phi) is 6.44. The van der Waals surface area contributed by atoms with Gasteiger partial charge < -0.3 is 21.5 Å². The third-order valence-corrected chi connectivity index (χ3v) is 3.72. The first-order valence-corrected chi connectivity index (χ1v) is 6.94. The highest BCUT2D eigenvalue weighted by Crippen LogP contribution is 2.16. The van der Waals surface area contributed by atoms with Crippen LogP contribution in [-0.2, 0) is 12.8 Å². The first kappa shape index (κ1) is 16.9. The molecule has 0 atom stereocenters. The van der Waals surface area contributed by atoms with E-state index in [9.17, 15) is 0 Å². The van der Waals surface area contributed by atoms with E-state index in [4.69, 9.17) is 0 Å². The van der Waals surface area contributed by atoms with Crippen molar-refractivity contribution in [3.05, 3.63) is 71.8 Å². The Labute approximate surface area is 133 Å². The van der Waals surface area contributed by atoms with Crippen LogP contribution in [0.15, 0.2) is 60.7 Å². The Bertz CT molecular complexity index is 446. The Morgan fingerprint density at radius 3 is 1.35 bits per heavy atom. The van der Waals surface area contributed by atoms with Crippen molar-refractivity contribution < 1.29 is 21.5 Å². The molecule has 1 nitrogen and oxygen atoms in total. The maximum atomic E-state index is 2.29. The van der Waals surface area contributed by atoms with Gasteiger partial charge in [0.05, 0.1) is 27.2 Å². The van der Waals surface area contributed by atoms with Gasteiger partial charge in [-0.2, -0.15) is 0 Å². The van der Waals surface area contributed by atoms with Gasteiger partial charge in [0.1, 0.15) is 0 Å². The van der Waals surface area contributed by atoms with Gasteiger partial charge in [0.25, 0.3) is 0 Å². The van der Waals surface area contributed by atoms with Crippen LogP contribution < -0.4 is 17.0 Å². The van der Waals surface area contributed by atoms with Gasteiger partial charge in [-0.3, -0.25) is 0 Å². The Morgan fingerprint density at radius 2 is 1.05 bits per heavy atom. The van der Waals surface area contributed by atoms with Crippen molar-refractivity contribution >= 4 is 0 Å². The van der Waals surface area contributed by atoms with Crippen molar-refractivity contribution in [3.63, 3.8) is 0 Å². The van der Waals surface area contributed by atoms with Crippen LogP contribution in [0.25, 0.3) is 0 Å².